The first kappa shape index (κ1) is 14.0. The number of nitrogens with zero attached hydrogens (tertiary/aromatic N) is 1. The molecule has 0 aromatic heterocycles. The zero-order chi connectivity index (χ0) is 13.8. The van der Waals surface area contributed by atoms with Crippen molar-refractivity contribution in [3.05, 3.63) is 35.6 Å². The molecule has 0 bridgehead atoms. The van der Waals surface area contributed by atoms with E-state index in [4.69, 9.17) is 5.73 Å². The molecule has 4 heteroatoms. The zero-order valence-electron chi connectivity index (χ0n) is 11.3. The fraction of sp³-hybridized carbons (Fsp3) is 0.533. The van der Waals surface area contributed by atoms with E-state index in [9.17, 15) is 9.18 Å². The fourth-order valence-electron chi connectivity index (χ4n) is 2.74. The van der Waals surface area contributed by atoms with Crippen LogP contribution in [0.15, 0.2) is 24.3 Å². The van der Waals surface area contributed by atoms with Crippen LogP contribution >= 0.6 is 0 Å². The van der Waals surface area contributed by atoms with Crippen LogP contribution in [0.3, 0.4) is 0 Å². The second-order valence-electron chi connectivity index (χ2n) is 5.29. The van der Waals surface area contributed by atoms with Gasteiger partial charge >= 0.3 is 0 Å². The van der Waals surface area contributed by atoms with Gasteiger partial charge in [-0.25, -0.2) is 4.39 Å². The Morgan fingerprint density at radius 2 is 2.05 bits per heavy atom. The van der Waals surface area contributed by atoms with E-state index >= 15 is 0 Å². The number of carbonyl (C=O) groups is 1. The van der Waals surface area contributed by atoms with Gasteiger partial charge in [0.1, 0.15) is 5.82 Å². The summed E-state index contributed by atoms with van der Waals surface area (Å²) in [5.74, 6) is -0.385. The summed E-state index contributed by atoms with van der Waals surface area (Å²) in [6, 6.07) is 6.55. The lowest BCUT2D eigenvalue weighted by molar-refractivity contribution is -0.132. The van der Waals surface area contributed by atoms with Crippen LogP contribution in [-0.2, 0) is 11.2 Å². The lowest BCUT2D eigenvalue weighted by Crippen LogP contribution is -2.50. The van der Waals surface area contributed by atoms with Crippen molar-refractivity contribution in [2.45, 2.75) is 44.2 Å². The smallest absolute Gasteiger partial charge is 0.227 e. The standard InChI is InChI=1S/C15H21FN2O/c1-18(14-9-5-4-8-13(14)17)15(19)10-11-6-2-3-7-12(11)16/h2-3,6-7,13-14H,4-5,8-10,17H2,1H3. The molecule has 0 aliphatic heterocycles. The summed E-state index contributed by atoms with van der Waals surface area (Å²) in [5, 5.41) is 0. The van der Waals surface area contributed by atoms with E-state index in [1.165, 1.54) is 6.07 Å². The van der Waals surface area contributed by atoms with Gasteiger partial charge in [-0.15, -0.1) is 0 Å². The van der Waals surface area contributed by atoms with Crippen LogP contribution < -0.4 is 5.73 Å². The molecule has 2 atom stereocenters. The van der Waals surface area contributed by atoms with E-state index in [0.717, 1.165) is 25.7 Å². The Morgan fingerprint density at radius 3 is 2.74 bits per heavy atom. The van der Waals surface area contributed by atoms with Gasteiger partial charge in [0.15, 0.2) is 0 Å². The van der Waals surface area contributed by atoms with E-state index in [1.807, 2.05) is 0 Å². The van der Waals surface area contributed by atoms with Crippen molar-refractivity contribution in [2.24, 2.45) is 5.73 Å². The summed E-state index contributed by atoms with van der Waals surface area (Å²) in [5.41, 5.74) is 6.52. The maximum Gasteiger partial charge on any atom is 0.227 e. The Morgan fingerprint density at radius 1 is 1.37 bits per heavy atom. The Hall–Kier alpha value is -1.42. The van der Waals surface area contributed by atoms with E-state index in [0.29, 0.717) is 5.56 Å². The molecule has 1 aromatic carbocycles. The predicted molar refractivity (Wildman–Crippen MR) is 73.1 cm³/mol. The van der Waals surface area contributed by atoms with E-state index < -0.39 is 0 Å². The molecule has 0 spiro atoms. The van der Waals surface area contributed by atoms with Crippen molar-refractivity contribution in [2.75, 3.05) is 7.05 Å². The number of amides is 1. The highest BCUT2D eigenvalue weighted by atomic mass is 19.1. The number of nitrogens with two attached hydrogens (primary N) is 1. The Balaban J connectivity index is 2.01. The van der Waals surface area contributed by atoms with Crippen LogP contribution in [0.25, 0.3) is 0 Å². The van der Waals surface area contributed by atoms with Gasteiger partial charge in [0.2, 0.25) is 5.91 Å². The molecule has 1 aliphatic carbocycles. The summed E-state index contributed by atoms with van der Waals surface area (Å²) in [4.78, 5) is 13.9. The molecule has 0 radical (unpaired) electrons. The molecular weight excluding hydrogens is 243 g/mol. The molecule has 104 valence electrons. The molecule has 1 amide bonds. The summed E-state index contributed by atoms with van der Waals surface area (Å²) in [6.07, 6.45) is 4.25. The number of rotatable bonds is 3. The number of carbonyl (C=O) groups excluding carboxylic acids is 1. The summed E-state index contributed by atoms with van der Waals surface area (Å²) < 4.78 is 13.5. The monoisotopic (exact) mass is 264 g/mol. The molecule has 0 saturated heterocycles. The topological polar surface area (TPSA) is 46.3 Å². The van der Waals surface area contributed by atoms with Crippen molar-refractivity contribution in [3.8, 4) is 0 Å². The van der Waals surface area contributed by atoms with Crippen LogP contribution in [0.1, 0.15) is 31.2 Å². The number of likely N-dealkylation sites (N-methyl/N-ethyl adjacent to an activating group) is 1. The highest BCUT2D eigenvalue weighted by Crippen LogP contribution is 2.21. The minimum atomic E-state index is -0.322. The lowest BCUT2D eigenvalue weighted by atomic mass is 9.90. The molecule has 1 aromatic rings. The van der Waals surface area contributed by atoms with Crippen LogP contribution in [0.2, 0.25) is 0 Å². The average molecular weight is 264 g/mol. The van der Waals surface area contributed by atoms with E-state index in [-0.39, 0.29) is 30.2 Å². The average Bonchev–Trinajstić information content (AvgIpc) is 2.41. The molecule has 19 heavy (non-hydrogen) atoms. The first-order valence-corrected chi connectivity index (χ1v) is 6.84. The molecule has 0 heterocycles. The number of benzene rings is 1. The minimum Gasteiger partial charge on any atom is -0.341 e. The normalized spacial score (nSPS) is 23.1. The molecule has 1 aliphatic rings. The molecule has 2 rings (SSSR count). The van der Waals surface area contributed by atoms with Crippen molar-refractivity contribution >= 4 is 5.91 Å². The quantitative estimate of drug-likeness (QED) is 0.908. The third-order valence-electron chi connectivity index (χ3n) is 3.97. The SMILES string of the molecule is CN(C(=O)Cc1ccccc1F)C1CCCCC1N. The van der Waals surface area contributed by atoms with E-state index in [1.54, 1.807) is 30.1 Å². The van der Waals surface area contributed by atoms with Crippen LogP contribution in [0.4, 0.5) is 4.39 Å². The summed E-state index contributed by atoms with van der Waals surface area (Å²) in [7, 11) is 1.78. The Labute approximate surface area is 113 Å². The van der Waals surface area contributed by atoms with Gasteiger partial charge in [0.05, 0.1) is 6.42 Å². The van der Waals surface area contributed by atoms with Crippen LogP contribution in [0.5, 0.6) is 0 Å². The third kappa shape index (κ3) is 3.32. The van der Waals surface area contributed by atoms with Gasteiger partial charge < -0.3 is 10.6 Å². The van der Waals surface area contributed by atoms with E-state index in [2.05, 4.69) is 0 Å². The highest BCUT2D eigenvalue weighted by molar-refractivity contribution is 5.79. The third-order valence-corrected chi connectivity index (χ3v) is 3.97. The maximum absolute atomic E-state index is 13.5. The van der Waals surface area contributed by atoms with Gasteiger partial charge in [-0.2, -0.15) is 0 Å². The molecule has 2 unspecified atom stereocenters. The van der Waals surface area contributed by atoms with Gasteiger partial charge in [0, 0.05) is 19.1 Å². The summed E-state index contributed by atoms with van der Waals surface area (Å²) in [6.45, 7) is 0. The van der Waals surface area contributed by atoms with Crippen molar-refractivity contribution < 1.29 is 9.18 Å². The highest BCUT2D eigenvalue weighted by Gasteiger charge is 2.28. The predicted octanol–water partition coefficient (Wildman–Crippen LogP) is 2.10. The first-order chi connectivity index (χ1) is 9.09. The molecule has 1 saturated carbocycles. The summed E-state index contributed by atoms with van der Waals surface area (Å²) >= 11 is 0. The molecule has 1 fully saturated rings. The second-order valence-corrected chi connectivity index (χ2v) is 5.29. The maximum atomic E-state index is 13.5. The minimum absolute atomic E-state index is 0.0447. The second kappa shape index (κ2) is 6.15. The fourth-order valence-corrected chi connectivity index (χ4v) is 2.74. The number of halogens is 1. The molecule has 2 N–H and O–H groups in total. The molecular formula is C15H21FN2O. The van der Waals surface area contributed by atoms with Crippen molar-refractivity contribution in [1.82, 2.24) is 4.90 Å². The van der Waals surface area contributed by atoms with Gasteiger partial charge in [-0.05, 0) is 24.5 Å². The number of hydrogen-bond donors (Lipinski definition) is 1. The van der Waals surface area contributed by atoms with Crippen LogP contribution in [0, 0.1) is 5.82 Å². The first-order valence-electron chi connectivity index (χ1n) is 6.84. The Bertz CT molecular complexity index is 450. The largest absolute Gasteiger partial charge is 0.341 e. The van der Waals surface area contributed by atoms with Crippen LogP contribution in [-0.4, -0.2) is 29.9 Å². The van der Waals surface area contributed by atoms with Crippen molar-refractivity contribution in [3.63, 3.8) is 0 Å². The zero-order valence-corrected chi connectivity index (χ0v) is 11.3. The number of hydrogen-bond acceptors (Lipinski definition) is 2. The molecule has 3 nitrogen and oxygen atoms in total. The van der Waals surface area contributed by atoms with Gasteiger partial charge in [0.25, 0.3) is 0 Å². The van der Waals surface area contributed by atoms with Gasteiger partial charge in [-0.1, -0.05) is 31.0 Å². The Kier molecular flexibility index (Phi) is 4.53. The van der Waals surface area contributed by atoms with Gasteiger partial charge in [-0.3, -0.25) is 4.79 Å². The van der Waals surface area contributed by atoms with Crippen molar-refractivity contribution in [1.29, 1.82) is 0 Å². The lowest BCUT2D eigenvalue weighted by Gasteiger charge is -2.36.